The van der Waals surface area contributed by atoms with Gasteiger partial charge in [0.1, 0.15) is 5.82 Å². The summed E-state index contributed by atoms with van der Waals surface area (Å²) >= 11 is 19.9. The Hall–Kier alpha value is -2.58. The predicted octanol–water partition coefficient (Wildman–Crippen LogP) is 6.59. The molecular formula is C23H16Cl3FN4OS. The van der Waals surface area contributed by atoms with E-state index >= 15 is 0 Å². The number of carbonyl (C=O) groups is 1. The summed E-state index contributed by atoms with van der Waals surface area (Å²) in [5.41, 5.74) is 1.98. The van der Waals surface area contributed by atoms with E-state index < -0.39 is 0 Å². The molecule has 0 unspecified atom stereocenters. The second-order valence-corrected chi connectivity index (χ2v) is 9.16. The van der Waals surface area contributed by atoms with Gasteiger partial charge in [-0.05, 0) is 54.1 Å². The molecule has 33 heavy (non-hydrogen) atoms. The van der Waals surface area contributed by atoms with E-state index in [1.165, 1.54) is 23.9 Å². The van der Waals surface area contributed by atoms with E-state index in [2.05, 4.69) is 15.5 Å². The fourth-order valence-electron chi connectivity index (χ4n) is 3.03. The van der Waals surface area contributed by atoms with E-state index in [1.807, 2.05) is 0 Å². The van der Waals surface area contributed by atoms with E-state index in [0.29, 0.717) is 43.1 Å². The summed E-state index contributed by atoms with van der Waals surface area (Å²) in [6, 6.07) is 18.0. The Morgan fingerprint density at radius 1 is 0.970 bits per heavy atom. The lowest BCUT2D eigenvalue weighted by Gasteiger charge is -2.13. The molecule has 168 valence electrons. The Morgan fingerprint density at radius 3 is 2.45 bits per heavy atom. The molecule has 0 spiro atoms. The molecule has 4 aromatic rings. The summed E-state index contributed by atoms with van der Waals surface area (Å²) in [5, 5.41) is 13.3. The third kappa shape index (κ3) is 5.86. The summed E-state index contributed by atoms with van der Waals surface area (Å²) < 4.78 is 15.0. The Balaban J connectivity index is 1.60. The molecule has 4 rings (SSSR count). The van der Waals surface area contributed by atoms with Crippen LogP contribution in [-0.2, 0) is 12.3 Å². The number of hydrogen-bond donors (Lipinski definition) is 1. The van der Waals surface area contributed by atoms with Gasteiger partial charge in [-0.1, -0.05) is 64.8 Å². The topological polar surface area (TPSA) is 59.8 Å². The fraction of sp³-hybridized carbons (Fsp3) is 0.0870. The zero-order valence-corrected chi connectivity index (χ0v) is 20.0. The summed E-state index contributed by atoms with van der Waals surface area (Å²) in [4.78, 5) is 12.6. The number of rotatable bonds is 7. The molecule has 10 heteroatoms. The van der Waals surface area contributed by atoms with E-state index in [4.69, 9.17) is 34.8 Å². The molecule has 1 aromatic heterocycles. The van der Waals surface area contributed by atoms with Crippen LogP contribution < -0.4 is 5.32 Å². The third-order valence-electron chi connectivity index (χ3n) is 4.63. The van der Waals surface area contributed by atoms with Gasteiger partial charge in [-0.2, -0.15) is 0 Å². The van der Waals surface area contributed by atoms with Crippen molar-refractivity contribution < 1.29 is 9.18 Å². The third-order valence-corrected chi connectivity index (χ3v) is 6.40. The monoisotopic (exact) mass is 520 g/mol. The number of hydrogen-bond acceptors (Lipinski definition) is 4. The highest BCUT2D eigenvalue weighted by Gasteiger charge is 2.18. The Bertz CT molecular complexity index is 1300. The Morgan fingerprint density at radius 2 is 1.73 bits per heavy atom. The van der Waals surface area contributed by atoms with E-state index in [0.717, 1.165) is 5.56 Å². The highest BCUT2D eigenvalue weighted by Crippen LogP contribution is 2.30. The van der Waals surface area contributed by atoms with Gasteiger partial charge in [-0.3, -0.25) is 9.36 Å². The molecule has 0 saturated carbocycles. The van der Waals surface area contributed by atoms with Crippen molar-refractivity contribution in [3.05, 3.63) is 105 Å². The minimum atomic E-state index is -0.297. The molecule has 3 aromatic carbocycles. The summed E-state index contributed by atoms with van der Waals surface area (Å²) in [6.45, 7) is 0.106. The standard InChI is InChI=1S/C23H16Cl3FN4OS/c24-16-3-1-2-15(10-16)22(32)28-12-21-29-30-23(33-13-14-4-7-18(27)8-5-14)31(21)20-9-6-17(25)11-19(20)26/h1-11H,12-13H2,(H,28,32). The first-order valence-electron chi connectivity index (χ1n) is 9.71. The first-order chi connectivity index (χ1) is 15.9. The molecule has 0 bridgehead atoms. The molecule has 0 saturated heterocycles. The molecule has 0 fully saturated rings. The lowest BCUT2D eigenvalue weighted by Crippen LogP contribution is -2.24. The first-order valence-corrected chi connectivity index (χ1v) is 11.8. The summed E-state index contributed by atoms with van der Waals surface area (Å²) in [6.07, 6.45) is 0. The van der Waals surface area contributed by atoms with Crippen molar-refractivity contribution in [3.63, 3.8) is 0 Å². The van der Waals surface area contributed by atoms with Gasteiger partial charge < -0.3 is 5.32 Å². The van der Waals surface area contributed by atoms with Crippen molar-refractivity contribution in [1.29, 1.82) is 0 Å². The number of halogens is 4. The minimum Gasteiger partial charge on any atom is -0.345 e. The van der Waals surface area contributed by atoms with E-state index in [1.54, 1.807) is 59.2 Å². The van der Waals surface area contributed by atoms with Crippen LogP contribution in [0.25, 0.3) is 5.69 Å². The van der Waals surface area contributed by atoms with Gasteiger partial charge in [-0.25, -0.2) is 4.39 Å². The van der Waals surface area contributed by atoms with Gasteiger partial charge in [0.25, 0.3) is 5.91 Å². The van der Waals surface area contributed by atoms with Gasteiger partial charge in [0.15, 0.2) is 11.0 Å². The van der Waals surface area contributed by atoms with Crippen molar-refractivity contribution in [2.75, 3.05) is 0 Å². The SMILES string of the molecule is O=C(NCc1nnc(SCc2ccc(F)cc2)n1-c1ccc(Cl)cc1Cl)c1cccc(Cl)c1. The second-order valence-electron chi connectivity index (χ2n) is 6.94. The molecule has 1 amide bonds. The highest BCUT2D eigenvalue weighted by atomic mass is 35.5. The number of aromatic nitrogens is 3. The molecule has 0 aliphatic heterocycles. The van der Waals surface area contributed by atoms with Gasteiger partial charge in [0, 0.05) is 21.4 Å². The van der Waals surface area contributed by atoms with Crippen LogP contribution in [0.3, 0.4) is 0 Å². The lowest BCUT2D eigenvalue weighted by molar-refractivity contribution is 0.0949. The molecule has 0 aliphatic carbocycles. The van der Waals surface area contributed by atoms with Crippen LogP contribution in [0.5, 0.6) is 0 Å². The Kier molecular flexibility index (Phi) is 7.55. The number of nitrogens with zero attached hydrogens (tertiary/aromatic N) is 3. The number of benzene rings is 3. The van der Waals surface area contributed by atoms with Crippen LogP contribution in [0.1, 0.15) is 21.7 Å². The number of thioether (sulfide) groups is 1. The van der Waals surface area contributed by atoms with Crippen molar-refractivity contribution >= 4 is 52.5 Å². The van der Waals surface area contributed by atoms with Crippen LogP contribution in [0, 0.1) is 5.82 Å². The predicted molar refractivity (Wildman–Crippen MR) is 130 cm³/mol. The maximum atomic E-state index is 13.2. The van der Waals surface area contributed by atoms with Gasteiger partial charge in [0.05, 0.1) is 17.3 Å². The van der Waals surface area contributed by atoms with Crippen molar-refractivity contribution in [1.82, 2.24) is 20.1 Å². The Labute approximate surface area is 208 Å². The average Bonchev–Trinajstić information content (AvgIpc) is 3.19. The number of nitrogens with one attached hydrogen (secondary N) is 1. The molecule has 0 aliphatic rings. The highest BCUT2D eigenvalue weighted by molar-refractivity contribution is 7.98. The summed E-state index contributed by atoms with van der Waals surface area (Å²) in [5.74, 6) is 0.432. The second kappa shape index (κ2) is 10.6. The quantitative estimate of drug-likeness (QED) is 0.279. The smallest absolute Gasteiger partial charge is 0.251 e. The van der Waals surface area contributed by atoms with Crippen molar-refractivity contribution in [2.45, 2.75) is 17.5 Å². The van der Waals surface area contributed by atoms with Crippen LogP contribution in [0.4, 0.5) is 4.39 Å². The summed E-state index contributed by atoms with van der Waals surface area (Å²) in [7, 11) is 0. The van der Waals surface area contributed by atoms with Crippen LogP contribution in [0.2, 0.25) is 15.1 Å². The average molecular weight is 522 g/mol. The molecule has 5 nitrogen and oxygen atoms in total. The lowest BCUT2D eigenvalue weighted by atomic mass is 10.2. The number of amides is 1. The largest absolute Gasteiger partial charge is 0.345 e. The molecule has 1 N–H and O–H groups in total. The van der Waals surface area contributed by atoms with Crippen molar-refractivity contribution in [3.8, 4) is 5.69 Å². The maximum absolute atomic E-state index is 13.2. The molecule has 0 radical (unpaired) electrons. The normalized spacial score (nSPS) is 10.9. The fourth-order valence-corrected chi connectivity index (χ4v) is 4.64. The van der Waals surface area contributed by atoms with Gasteiger partial charge in [0.2, 0.25) is 0 Å². The van der Waals surface area contributed by atoms with E-state index in [9.17, 15) is 9.18 Å². The molecular weight excluding hydrogens is 506 g/mol. The first kappa shape index (κ1) is 23.6. The molecule has 0 atom stereocenters. The zero-order valence-electron chi connectivity index (χ0n) is 16.9. The minimum absolute atomic E-state index is 0.106. The van der Waals surface area contributed by atoms with Gasteiger partial charge >= 0.3 is 0 Å². The number of carbonyl (C=O) groups excluding carboxylic acids is 1. The van der Waals surface area contributed by atoms with Crippen LogP contribution in [-0.4, -0.2) is 20.7 Å². The van der Waals surface area contributed by atoms with E-state index in [-0.39, 0.29) is 18.3 Å². The van der Waals surface area contributed by atoms with Crippen LogP contribution >= 0.6 is 46.6 Å². The van der Waals surface area contributed by atoms with Crippen LogP contribution in [0.15, 0.2) is 71.9 Å². The van der Waals surface area contributed by atoms with Crippen molar-refractivity contribution in [2.24, 2.45) is 0 Å². The zero-order chi connectivity index (χ0) is 23.4. The van der Waals surface area contributed by atoms with Gasteiger partial charge in [-0.15, -0.1) is 10.2 Å². The molecule has 1 heterocycles. The maximum Gasteiger partial charge on any atom is 0.251 e.